The minimum Gasteiger partial charge on any atom is -0.287 e. The summed E-state index contributed by atoms with van der Waals surface area (Å²) in [7, 11) is 0. The Morgan fingerprint density at radius 1 is 0.872 bits per heavy atom. The molecular formula is C28H19N5O5S. The topological polar surface area (TPSA) is 145 Å². The van der Waals surface area contributed by atoms with Crippen LogP contribution in [-0.4, -0.2) is 38.5 Å². The molecule has 1 saturated heterocycles. The molecule has 10 nitrogen and oxygen atoms in total. The van der Waals surface area contributed by atoms with Gasteiger partial charge in [0.25, 0.3) is 17.0 Å². The summed E-state index contributed by atoms with van der Waals surface area (Å²) in [6.07, 6.45) is 0. The van der Waals surface area contributed by atoms with Gasteiger partial charge in [-0.3, -0.25) is 34.2 Å². The average molecular weight is 538 g/mol. The number of anilines is 1. The Bertz CT molecular complexity index is 1990. The van der Waals surface area contributed by atoms with Gasteiger partial charge in [-0.2, -0.15) is 0 Å². The van der Waals surface area contributed by atoms with E-state index in [4.69, 9.17) is 0 Å². The molecule has 0 saturated carbocycles. The highest BCUT2D eigenvalue weighted by Crippen LogP contribution is 2.36. The second kappa shape index (κ2) is 9.07. The number of aryl methyl sites for hydroxylation is 2. The summed E-state index contributed by atoms with van der Waals surface area (Å²) in [6.45, 7) is 3.54. The van der Waals surface area contributed by atoms with E-state index in [1.165, 1.54) is 29.5 Å². The van der Waals surface area contributed by atoms with E-state index in [1.54, 1.807) is 31.2 Å². The Morgan fingerprint density at radius 3 is 2.44 bits per heavy atom. The van der Waals surface area contributed by atoms with E-state index in [0.717, 1.165) is 15.2 Å². The number of para-hydroxylation sites is 1. The molecule has 1 aliphatic rings. The molecular weight excluding hydrogens is 518 g/mol. The van der Waals surface area contributed by atoms with Gasteiger partial charge >= 0.3 is 5.91 Å². The highest BCUT2D eigenvalue weighted by molar-refractivity contribution is 7.19. The zero-order chi connectivity index (χ0) is 27.4. The molecule has 0 radical (unpaired) electrons. The Hall–Kier alpha value is -5.03. The van der Waals surface area contributed by atoms with Gasteiger partial charge in [-0.1, -0.05) is 30.3 Å². The summed E-state index contributed by atoms with van der Waals surface area (Å²) in [5.74, 6) is -4.07. The predicted octanol–water partition coefficient (Wildman–Crippen LogP) is 3.44. The van der Waals surface area contributed by atoms with E-state index in [0.29, 0.717) is 11.1 Å². The maximum atomic E-state index is 14.1. The van der Waals surface area contributed by atoms with E-state index >= 15 is 0 Å². The zero-order valence-corrected chi connectivity index (χ0v) is 21.5. The summed E-state index contributed by atoms with van der Waals surface area (Å²) >= 11 is 1.18. The Morgan fingerprint density at radius 2 is 1.64 bits per heavy atom. The number of piperidine rings is 1. The number of benzene rings is 3. The maximum Gasteiger partial charge on any atom is 0.302 e. The van der Waals surface area contributed by atoms with Crippen molar-refractivity contribution in [2.24, 2.45) is 4.99 Å². The van der Waals surface area contributed by atoms with Crippen LogP contribution >= 0.6 is 11.3 Å². The van der Waals surface area contributed by atoms with Crippen LogP contribution in [0.25, 0.3) is 21.0 Å². The lowest BCUT2D eigenvalue weighted by Crippen LogP contribution is -2.55. The number of hydrogen-bond donors (Lipinski definition) is 2. The van der Waals surface area contributed by atoms with E-state index in [2.05, 4.69) is 20.2 Å². The molecule has 1 aliphatic heterocycles. The third kappa shape index (κ3) is 3.91. The number of aliphatic imine (C=N–C) groups is 1. The van der Waals surface area contributed by atoms with Crippen LogP contribution in [0.1, 0.15) is 22.1 Å². The van der Waals surface area contributed by atoms with Crippen LogP contribution in [0.3, 0.4) is 0 Å². The van der Waals surface area contributed by atoms with Crippen LogP contribution < -0.4 is 16.0 Å². The number of nitrogens with zero attached hydrogens (tertiary/aromatic N) is 3. The van der Waals surface area contributed by atoms with Gasteiger partial charge in [0.1, 0.15) is 16.6 Å². The number of aromatic nitrogens is 3. The van der Waals surface area contributed by atoms with Gasteiger partial charge in [0.05, 0.1) is 32.4 Å². The summed E-state index contributed by atoms with van der Waals surface area (Å²) in [6, 6.07) is 16.9. The van der Waals surface area contributed by atoms with Crippen molar-refractivity contribution in [2.75, 3.05) is 4.90 Å². The second-order valence-corrected chi connectivity index (χ2v) is 10.2. The molecule has 5 aromatic rings. The number of hydrogen-bond acceptors (Lipinski definition) is 8. The molecule has 1 fully saturated rings. The zero-order valence-electron chi connectivity index (χ0n) is 20.6. The lowest BCUT2D eigenvalue weighted by molar-refractivity contribution is -0.139. The standard InChI is InChI=1S/C28H19N5O5S/c1-13-10-11-14(2)18(12-13)33-27(37)22(29-17-8-5-6-15-20(17)25(36)32-31-24(15)35)21(23(34)28(33)38)26-30-16-7-3-4-9-19(16)39-26/h3-12,21H,1-2H3,(H,31,35)(H,32,36)/t21-/m1/s1. The number of nitrogens with one attached hydrogen (secondary N) is 2. The van der Waals surface area contributed by atoms with E-state index in [-0.39, 0.29) is 32.9 Å². The third-order valence-electron chi connectivity index (χ3n) is 6.58. The average Bonchev–Trinajstić information content (AvgIpc) is 3.35. The van der Waals surface area contributed by atoms with E-state index < -0.39 is 34.6 Å². The van der Waals surface area contributed by atoms with E-state index in [9.17, 15) is 24.0 Å². The van der Waals surface area contributed by atoms with Gasteiger partial charge in [0, 0.05) is 0 Å². The molecule has 0 aliphatic carbocycles. The van der Waals surface area contributed by atoms with E-state index in [1.807, 2.05) is 25.1 Å². The van der Waals surface area contributed by atoms with Crippen LogP contribution in [0.2, 0.25) is 0 Å². The highest BCUT2D eigenvalue weighted by atomic mass is 32.1. The molecule has 3 aromatic carbocycles. The Balaban J connectivity index is 1.63. The van der Waals surface area contributed by atoms with Crippen molar-refractivity contribution in [3.05, 3.63) is 97.5 Å². The first-order chi connectivity index (χ1) is 18.7. The first kappa shape index (κ1) is 24.3. The predicted molar refractivity (Wildman–Crippen MR) is 148 cm³/mol. The summed E-state index contributed by atoms with van der Waals surface area (Å²) < 4.78 is 0.768. The molecule has 11 heteroatoms. The Kier molecular flexibility index (Phi) is 5.65. The number of Topliss-reactive ketones (excluding diaryl/α,β-unsaturated/α-hetero) is 1. The summed E-state index contributed by atoms with van der Waals surface area (Å²) in [5, 5.41) is 4.77. The molecule has 192 valence electrons. The quantitative estimate of drug-likeness (QED) is 0.266. The lowest BCUT2D eigenvalue weighted by atomic mass is 9.91. The lowest BCUT2D eigenvalue weighted by Gasteiger charge is -2.30. The molecule has 1 atom stereocenters. The molecule has 39 heavy (non-hydrogen) atoms. The van der Waals surface area contributed by atoms with Crippen LogP contribution in [0.15, 0.2) is 75.2 Å². The molecule has 6 rings (SSSR count). The SMILES string of the molecule is Cc1ccc(C)c(N2C(=O)C(=O)[C@H](c3nc4ccccc4s3)C(=Nc3cccc4c(=O)[nH][nH]c(=O)c34)C2=O)c1. The minimum absolute atomic E-state index is 0.0115. The number of carbonyl (C=O) groups excluding carboxylic acids is 3. The van der Waals surface area contributed by atoms with Gasteiger partial charge in [-0.25, -0.2) is 14.9 Å². The fourth-order valence-electron chi connectivity index (χ4n) is 4.66. The first-order valence-corrected chi connectivity index (χ1v) is 12.7. The summed E-state index contributed by atoms with van der Waals surface area (Å²) in [5.41, 5.74) is 0.835. The Labute approximate surface area is 223 Å². The molecule has 2 aromatic heterocycles. The van der Waals surface area contributed by atoms with Crippen LogP contribution in [0, 0.1) is 13.8 Å². The van der Waals surface area contributed by atoms with Crippen molar-refractivity contribution >= 4 is 67.0 Å². The van der Waals surface area contributed by atoms with Crippen molar-refractivity contribution in [3.63, 3.8) is 0 Å². The first-order valence-electron chi connectivity index (χ1n) is 11.9. The van der Waals surface area contributed by atoms with Crippen LogP contribution in [0.5, 0.6) is 0 Å². The number of H-pyrrole nitrogens is 2. The van der Waals surface area contributed by atoms with Gasteiger partial charge < -0.3 is 0 Å². The van der Waals surface area contributed by atoms with Crippen molar-refractivity contribution in [1.82, 2.24) is 15.2 Å². The molecule has 0 unspecified atom stereocenters. The van der Waals surface area contributed by atoms with Crippen molar-refractivity contribution in [1.29, 1.82) is 0 Å². The molecule has 2 amide bonds. The second-order valence-electron chi connectivity index (χ2n) is 9.16. The largest absolute Gasteiger partial charge is 0.302 e. The van der Waals surface area contributed by atoms with Crippen LogP contribution in [-0.2, 0) is 14.4 Å². The molecule has 0 spiro atoms. The number of aromatic amines is 2. The number of ketones is 1. The molecule has 3 heterocycles. The number of rotatable bonds is 3. The fraction of sp³-hybridized carbons (Fsp3) is 0.107. The molecule has 2 N–H and O–H groups in total. The number of fused-ring (bicyclic) bond motifs is 2. The van der Waals surface area contributed by atoms with Gasteiger partial charge in [0.15, 0.2) is 0 Å². The van der Waals surface area contributed by atoms with Crippen molar-refractivity contribution in [2.45, 2.75) is 19.8 Å². The third-order valence-corrected chi connectivity index (χ3v) is 7.68. The smallest absolute Gasteiger partial charge is 0.287 e. The van der Waals surface area contributed by atoms with Gasteiger partial charge in [-0.15, -0.1) is 11.3 Å². The number of carbonyl (C=O) groups is 3. The number of thiazole rings is 1. The van der Waals surface area contributed by atoms with Crippen molar-refractivity contribution < 1.29 is 14.4 Å². The number of amides is 2. The van der Waals surface area contributed by atoms with Crippen molar-refractivity contribution in [3.8, 4) is 0 Å². The van der Waals surface area contributed by atoms with Gasteiger partial charge in [-0.05, 0) is 55.3 Å². The van der Waals surface area contributed by atoms with Crippen LogP contribution in [0.4, 0.5) is 11.4 Å². The monoisotopic (exact) mass is 537 g/mol. The number of imide groups is 1. The van der Waals surface area contributed by atoms with Gasteiger partial charge in [0.2, 0.25) is 5.78 Å². The minimum atomic E-state index is -1.39. The normalized spacial score (nSPS) is 17.1. The molecule has 0 bridgehead atoms. The fourth-order valence-corrected chi connectivity index (χ4v) is 5.73. The highest BCUT2D eigenvalue weighted by Gasteiger charge is 2.48. The summed E-state index contributed by atoms with van der Waals surface area (Å²) in [4.78, 5) is 76.3. The maximum absolute atomic E-state index is 14.1.